The summed E-state index contributed by atoms with van der Waals surface area (Å²) in [6.07, 6.45) is 4.64. The second-order valence-electron chi connectivity index (χ2n) is 4.83. The maximum atomic E-state index is 12.3. The van der Waals surface area contributed by atoms with Crippen molar-refractivity contribution in [1.29, 1.82) is 0 Å². The normalized spacial score (nSPS) is 12.1. The molecule has 0 saturated carbocycles. The first-order chi connectivity index (χ1) is 11.2. The molecule has 0 aliphatic carbocycles. The van der Waals surface area contributed by atoms with Crippen LogP contribution in [0.3, 0.4) is 0 Å². The van der Waals surface area contributed by atoms with Crippen molar-refractivity contribution in [3.8, 4) is 5.69 Å². The minimum atomic E-state index is -0.459. The molecule has 2 heterocycles. The van der Waals surface area contributed by atoms with E-state index in [4.69, 9.17) is 4.74 Å². The van der Waals surface area contributed by atoms with Crippen LogP contribution >= 0.6 is 15.9 Å². The fourth-order valence-corrected chi connectivity index (χ4v) is 2.48. The molecule has 1 unspecified atom stereocenters. The molecule has 7 nitrogen and oxygen atoms in total. The zero-order valence-corrected chi connectivity index (χ0v) is 13.9. The first-order valence-electron chi connectivity index (χ1n) is 7.04. The molecule has 0 spiro atoms. The Morgan fingerprint density at radius 1 is 1.48 bits per heavy atom. The molecular weight excluding hydrogens is 362 g/mol. The Morgan fingerprint density at radius 2 is 2.35 bits per heavy atom. The Hall–Kier alpha value is -2.48. The molecule has 118 valence electrons. The first kappa shape index (κ1) is 15.4. The summed E-state index contributed by atoms with van der Waals surface area (Å²) < 4.78 is 8.03. The van der Waals surface area contributed by atoms with Gasteiger partial charge in [0.05, 0.1) is 17.4 Å². The number of aromatic nitrogens is 5. The summed E-state index contributed by atoms with van der Waals surface area (Å²) in [7, 11) is 0. The Kier molecular flexibility index (Phi) is 4.52. The van der Waals surface area contributed by atoms with E-state index in [9.17, 15) is 4.79 Å². The van der Waals surface area contributed by atoms with Crippen LogP contribution in [0.15, 0.2) is 47.5 Å². The van der Waals surface area contributed by atoms with Gasteiger partial charge in [0, 0.05) is 10.7 Å². The molecule has 23 heavy (non-hydrogen) atoms. The van der Waals surface area contributed by atoms with E-state index in [0.717, 1.165) is 10.2 Å². The highest BCUT2D eigenvalue weighted by atomic mass is 79.9. The van der Waals surface area contributed by atoms with Gasteiger partial charge in [0.15, 0.2) is 11.9 Å². The van der Waals surface area contributed by atoms with E-state index in [1.807, 2.05) is 31.2 Å². The number of carbonyl (C=O) groups excluding carboxylic acids is 1. The van der Waals surface area contributed by atoms with Gasteiger partial charge in [-0.2, -0.15) is 10.2 Å². The van der Waals surface area contributed by atoms with E-state index >= 15 is 0 Å². The van der Waals surface area contributed by atoms with E-state index in [1.165, 1.54) is 12.5 Å². The van der Waals surface area contributed by atoms with E-state index in [0.29, 0.717) is 17.8 Å². The second kappa shape index (κ2) is 6.74. The zero-order valence-electron chi connectivity index (χ0n) is 12.3. The van der Waals surface area contributed by atoms with Crippen LogP contribution in [0.4, 0.5) is 0 Å². The van der Waals surface area contributed by atoms with E-state index in [-0.39, 0.29) is 0 Å². The molecule has 2 aromatic heterocycles. The summed E-state index contributed by atoms with van der Waals surface area (Å²) >= 11 is 3.41. The van der Waals surface area contributed by atoms with Gasteiger partial charge in [-0.05, 0) is 24.6 Å². The molecule has 0 aliphatic rings. The predicted octanol–water partition coefficient (Wildman–Crippen LogP) is 3.06. The van der Waals surface area contributed by atoms with Crippen molar-refractivity contribution in [1.82, 2.24) is 25.0 Å². The molecule has 0 saturated heterocycles. The average Bonchev–Trinajstić information content (AvgIpc) is 3.23. The van der Waals surface area contributed by atoms with Crippen molar-refractivity contribution >= 4 is 21.9 Å². The van der Waals surface area contributed by atoms with Crippen molar-refractivity contribution < 1.29 is 9.53 Å². The topological polar surface area (TPSA) is 85.7 Å². The van der Waals surface area contributed by atoms with Gasteiger partial charge in [0.2, 0.25) is 0 Å². The van der Waals surface area contributed by atoms with E-state index in [1.54, 1.807) is 10.9 Å². The number of nitrogens with one attached hydrogen (secondary N) is 1. The standard InChI is InChI=1S/C15H14BrN5O2/c1-2-13(14-17-9-18-20-14)23-15(22)10-7-19-21(8-10)12-5-3-4-11(16)6-12/h3-9,13H,2H2,1H3,(H,17,18,20). The monoisotopic (exact) mass is 375 g/mol. The number of carbonyl (C=O) groups is 1. The summed E-state index contributed by atoms with van der Waals surface area (Å²) in [4.78, 5) is 16.3. The van der Waals surface area contributed by atoms with Crippen LogP contribution in [0.1, 0.15) is 35.6 Å². The van der Waals surface area contributed by atoms with Gasteiger partial charge in [-0.3, -0.25) is 5.10 Å². The second-order valence-corrected chi connectivity index (χ2v) is 5.74. The van der Waals surface area contributed by atoms with Crippen molar-refractivity contribution in [3.63, 3.8) is 0 Å². The van der Waals surface area contributed by atoms with Gasteiger partial charge in [0.1, 0.15) is 6.33 Å². The predicted molar refractivity (Wildman–Crippen MR) is 86.1 cm³/mol. The number of H-pyrrole nitrogens is 1. The van der Waals surface area contributed by atoms with Gasteiger partial charge < -0.3 is 4.74 Å². The number of rotatable bonds is 5. The van der Waals surface area contributed by atoms with Crippen LogP contribution in [0.2, 0.25) is 0 Å². The molecule has 1 atom stereocenters. The zero-order chi connectivity index (χ0) is 16.2. The van der Waals surface area contributed by atoms with Crippen molar-refractivity contribution in [2.75, 3.05) is 0 Å². The Labute approximate surface area is 140 Å². The third-order valence-corrected chi connectivity index (χ3v) is 3.74. The number of aromatic amines is 1. The Bertz CT molecular complexity index is 800. The van der Waals surface area contributed by atoms with Gasteiger partial charge >= 0.3 is 5.97 Å². The molecule has 0 amide bonds. The van der Waals surface area contributed by atoms with Crippen molar-refractivity contribution in [3.05, 3.63) is 58.8 Å². The van der Waals surface area contributed by atoms with Crippen LogP contribution in [-0.2, 0) is 4.74 Å². The lowest BCUT2D eigenvalue weighted by Gasteiger charge is -2.12. The highest BCUT2D eigenvalue weighted by Crippen LogP contribution is 2.20. The van der Waals surface area contributed by atoms with Crippen LogP contribution in [0.5, 0.6) is 0 Å². The van der Waals surface area contributed by atoms with Crippen LogP contribution in [0, 0.1) is 0 Å². The quantitative estimate of drug-likeness (QED) is 0.692. The summed E-state index contributed by atoms with van der Waals surface area (Å²) in [5, 5.41) is 10.7. The number of hydrogen-bond acceptors (Lipinski definition) is 5. The highest BCUT2D eigenvalue weighted by molar-refractivity contribution is 9.10. The highest BCUT2D eigenvalue weighted by Gasteiger charge is 2.20. The smallest absolute Gasteiger partial charge is 0.342 e. The fraction of sp³-hybridized carbons (Fsp3) is 0.200. The maximum absolute atomic E-state index is 12.3. The number of nitrogens with zero attached hydrogens (tertiary/aromatic N) is 4. The largest absolute Gasteiger partial charge is 0.450 e. The molecule has 3 rings (SSSR count). The maximum Gasteiger partial charge on any atom is 0.342 e. The SMILES string of the molecule is CCC(OC(=O)c1cnn(-c2cccc(Br)c2)c1)c1ncn[nH]1. The molecule has 8 heteroatoms. The van der Waals surface area contributed by atoms with Gasteiger partial charge in [-0.25, -0.2) is 14.5 Å². The van der Waals surface area contributed by atoms with E-state index in [2.05, 4.69) is 36.2 Å². The van der Waals surface area contributed by atoms with Gasteiger partial charge in [-0.15, -0.1) is 0 Å². The molecule has 3 aromatic rings. The third-order valence-electron chi connectivity index (χ3n) is 3.25. The lowest BCUT2D eigenvalue weighted by Crippen LogP contribution is -2.12. The fourth-order valence-electron chi connectivity index (χ4n) is 2.09. The summed E-state index contributed by atoms with van der Waals surface area (Å²) in [6.45, 7) is 1.91. The Balaban J connectivity index is 1.76. The number of esters is 1. The minimum Gasteiger partial charge on any atom is -0.450 e. The van der Waals surface area contributed by atoms with Crippen LogP contribution in [0.25, 0.3) is 5.69 Å². The molecule has 1 aromatic carbocycles. The molecule has 0 aliphatic heterocycles. The third kappa shape index (κ3) is 3.48. The minimum absolute atomic E-state index is 0.378. The molecule has 0 bridgehead atoms. The lowest BCUT2D eigenvalue weighted by molar-refractivity contribution is 0.0268. The van der Waals surface area contributed by atoms with E-state index < -0.39 is 12.1 Å². The van der Waals surface area contributed by atoms with Crippen LogP contribution in [-0.4, -0.2) is 30.9 Å². The van der Waals surface area contributed by atoms with Crippen molar-refractivity contribution in [2.24, 2.45) is 0 Å². The first-order valence-corrected chi connectivity index (χ1v) is 7.83. The van der Waals surface area contributed by atoms with Gasteiger partial charge in [0.25, 0.3) is 0 Å². The Morgan fingerprint density at radius 3 is 3.04 bits per heavy atom. The summed E-state index contributed by atoms with van der Waals surface area (Å²) in [5.74, 6) is 0.0785. The number of benzene rings is 1. The summed E-state index contributed by atoms with van der Waals surface area (Å²) in [6, 6.07) is 7.63. The van der Waals surface area contributed by atoms with Crippen LogP contribution < -0.4 is 0 Å². The molecule has 0 fully saturated rings. The average molecular weight is 376 g/mol. The summed E-state index contributed by atoms with van der Waals surface area (Å²) in [5.41, 5.74) is 1.23. The number of halogens is 1. The molecular formula is C15H14BrN5O2. The van der Waals surface area contributed by atoms with Gasteiger partial charge in [-0.1, -0.05) is 28.9 Å². The molecule has 1 N–H and O–H groups in total. The number of ether oxygens (including phenoxy) is 1. The van der Waals surface area contributed by atoms with Crippen molar-refractivity contribution in [2.45, 2.75) is 19.4 Å². The lowest BCUT2D eigenvalue weighted by atomic mass is 10.2. The molecule has 0 radical (unpaired) electrons. The number of hydrogen-bond donors (Lipinski definition) is 1.